The van der Waals surface area contributed by atoms with Gasteiger partial charge in [-0.15, -0.1) is 0 Å². The van der Waals surface area contributed by atoms with Crippen LogP contribution in [0.1, 0.15) is 72.6 Å². The Kier molecular flexibility index (Phi) is 16.5. The minimum Gasteiger partial charge on any atom is -0.370 e. The van der Waals surface area contributed by atoms with Crippen molar-refractivity contribution in [3.05, 3.63) is 0 Å². The quantitative estimate of drug-likeness (QED) is 0.0791. The second-order valence-electron chi connectivity index (χ2n) is 8.47. The lowest BCUT2D eigenvalue weighted by molar-refractivity contribution is -0.153. The van der Waals surface area contributed by atoms with Gasteiger partial charge in [-0.2, -0.15) is 0 Å². The maximum Gasteiger partial charge on any atom is 0.252 e. The van der Waals surface area contributed by atoms with Crippen LogP contribution < -0.4 is 33.2 Å². The molecule has 9 N–H and O–H groups in total. The van der Waals surface area contributed by atoms with Gasteiger partial charge in [0.15, 0.2) is 5.96 Å². The van der Waals surface area contributed by atoms with Crippen LogP contribution in [-0.2, 0) is 24.0 Å². The molecular formula is C23H44N8O5. The van der Waals surface area contributed by atoms with Gasteiger partial charge in [-0.25, -0.2) is 0 Å². The van der Waals surface area contributed by atoms with Gasteiger partial charge in [0.1, 0.15) is 18.1 Å². The van der Waals surface area contributed by atoms with E-state index in [9.17, 15) is 24.0 Å². The summed E-state index contributed by atoms with van der Waals surface area (Å²) in [5.41, 5.74) is 16.3. The lowest BCUT2D eigenvalue weighted by atomic mass is 10.0. The van der Waals surface area contributed by atoms with Gasteiger partial charge in [0.2, 0.25) is 23.6 Å². The van der Waals surface area contributed by atoms with E-state index in [1.54, 1.807) is 6.92 Å². The first-order valence-electron chi connectivity index (χ1n) is 12.4. The molecule has 0 fully saturated rings. The zero-order chi connectivity index (χ0) is 27.7. The minimum absolute atomic E-state index is 0.0787. The SMILES string of the molecule is CCC[C@H](NC(C)=O)C(=O)N(C(C)=O)[C@@H](CCCCN)C(=O)N[C@@H](CCCN=C(N)N)C(=O)NCC. The average molecular weight is 513 g/mol. The van der Waals surface area contributed by atoms with Crippen molar-refractivity contribution in [2.75, 3.05) is 19.6 Å². The van der Waals surface area contributed by atoms with Crippen LogP contribution in [0.15, 0.2) is 4.99 Å². The Balaban J connectivity index is 5.99. The van der Waals surface area contributed by atoms with Gasteiger partial charge in [0.25, 0.3) is 5.91 Å². The molecule has 0 aromatic rings. The number of imide groups is 1. The summed E-state index contributed by atoms with van der Waals surface area (Å²) < 4.78 is 0. The van der Waals surface area contributed by atoms with Crippen molar-refractivity contribution >= 4 is 35.5 Å². The van der Waals surface area contributed by atoms with E-state index in [4.69, 9.17) is 17.2 Å². The number of carbonyl (C=O) groups excluding carboxylic acids is 5. The van der Waals surface area contributed by atoms with Crippen LogP contribution in [-0.4, -0.2) is 78.2 Å². The Morgan fingerprint density at radius 3 is 2.03 bits per heavy atom. The second kappa shape index (κ2) is 18.1. The highest BCUT2D eigenvalue weighted by molar-refractivity contribution is 6.03. The Hall–Kier alpha value is -3.22. The fourth-order valence-electron chi connectivity index (χ4n) is 3.68. The Morgan fingerprint density at radius 2 is 1.53 bits per heavy atom. The minimum atomic E-state index is -1.18. The summed E-state index contributed by atoms with van der Waals surface area (Å²) in [6.07, 6.45) is 2.72. The molecule has 36 heavy (non-hydrogen) atoms. The van der Waals surface area contributed by atoms with Crippen molar-refractivity contribution < 1.29 is 24.0 Å². The number of nitrogens with one attached hydrogen (secondary N) is 3. The first-order chi connectivity index (χ1) is 17.0. The summed E-state index contributed by atoms with van der Waals surface area (Å²) in [7, 11) is 0. The first-order valence-corrected chi connectivity index (χ1v) is 12.4. The van der Waals surface area contributed by atoms with E-state index in [0.29, 0.717) is 45.2 Å². The molecule has 0 aliphatic rings. The molecule has 206 valence electrons. The number of carbonyl (C=O) groups is 5. The van der Waals surface area contributed by atoms with E-state index in [1.807, 2.05) is 6.92 Å². The van der Waals surface area contributed by atoms with E-state index in [2.05, 4.69) is 20.9 Å². The summed E-state index contributed by atoms with van der Waals surface area (Å²) in [5.74, 6) is -2.86. The summed E-state index contributed by atoms with van der Waals surface area (Å²) in [5, 5.41) is 7.93. The van der Waals surface area contributed by atoms with Crippen LogP contribution in [0.2, 0.25) is 0 Å². The third-order valence-corrected chi connectivity index (χ3v) is 5.30. The highest BCUT2D eigenvalue weighted by atomic mass is 16.2. The molecular weight excluding hydrogens is 468 g/mol. The molecule has 0 rings (SSSR count). The number of aliphatic imine (C=N–C) groups is 1. The summed E-state index contributed by atoms with van der Waals surface area (Å²) >= 11 is 0. The predicted molar refractivity (Wildman–Crippen MR) is 137 cm³/mol. The molecule has 0 aliphatic carbocycles. The molecule has 0 saturated heterocycles. The van der Waals surface area contributed by atoms with Crippen LogP contribution >= 0.6 is 0 Å². The zero-order valence-electron chi connectivity index (χ0n) is 22.0. The van der Waals surface area contributed by atoms with Gasteiger partial charge in [-0.1, -0.05) is 13.3 Å². The molecule has 0 aromatic carbocycles. The van der Waals surface area contributed by atoms with Crippen LogP contribution in [0.5, 0.6) is 0 Å². The largest absolute Gasteiger partial charge is 0.370 e. The zero-order valence-corrected chi connectivity index (χ0v) is 22.0. The highest BCUT2D eigenvalue weighted by Gasteiger charge is 2.37. The number of hydrogen-bond donors (Lipinski definition) is 6. The molecule has 0 aromatic heterocycles. The number of rotatable bonds is 17. The van der Waals surface area contributed by atoms with Crippen LogP contribution in [0.4, 0.5) is 0 Å². The fourth-order valence-corrected chi connectivity index (χ4v) is 3.68. The summed E-state index contributed by atoms with van der Waals surface area (Å²) in [6.45, 7) is 7.04. The number of hydrogen-bond acceptors (Lipinski definition) is 7. The molecule has 0 saturated carbocycles. The normalized spacial score (nSPS) is 13.0. The average Bonchev–Trinajstić information content (AvgIpc) is 2.79. The molecule has 13 heteroatoms. The predicted octanol–water partition coefficient (Wildman–Crippen LogP) is -1.16. The molecule has 3 atom stereocenters. The summed E-state index contributed by atoms with van der Waals surface area (Å²) in [4.78, 5) is 68.5. The third kappa shape index (κ3) is 12.5. The van der Waals surface area contributed by atoms with E-state index >= 15 is 0 Å². The van der Waals surface area contributed by atoms with Crippen molar-refractivity contribution in [2.45, 2.75) is 90.8 Å². The second-order valence-corrected chi connectivity index (χ2v) is 8.47. The number of unbranched alkanes of at least 4 members (excludes halogenated alkanes) is 1. The Bertz CT molecular complexity index is 770. The van der Waals surface area contributed by atoms with Crippen LogP contribution in [0.25, 0.3) is 0 Å². The van der Waals surface area contributed by atoms with E-state index in [-0.39, 0.29) is 25.3 Å². The number of likely N-dealkylation sites (N-methyl/N-ethyl adjacent to an activating group) is 1. The van der Waals surface area contributed by atoms with Gasteiger partial charge in [-0.3, -0.25) is 33.9 Å². The van der Waals surface area contributed by atoms with Crippen molar-refractivity contribution in [1.29, 1.82) is 0 Å². The Morgan fingerprint density at radius 1 is 0.861 bits per heavy atom. The van der Waals surface area contributed by atoms with Gasteiger partial charge in [0, 0.05) is 26.9 Å². The monoisotopic (exact) mass is 512 g/mol. The smallest absolute Gasteiger partial charge is 0.252 e. The van der Waals surface area contributed by atoms with Gasteiger partial charge in [-0.05, 0) is 52.0 Å². The van der Waals surface area contributed by atoms with Crippen molar-refractivity contribution in [3.63, 3.8) is 0 Å². The number of nitrogens with two attached hydrogens (primary N) is 3. The fraction of sp³-hybridized carbons (Fsp3) is 0.739. The van der Waals surface area contributed by atoms with Crippen LogP contribution in [0.3, 0.4) is 0 Å². The molecule has 5 amide bonds. The molecule has 0 heterocycles. The maximum atomic E-state index is 13.4. The standard InChI is InChI=1S/C23H44N8O5/c1-5-10-18(29-15(3)32)22(36)31(16(4)33)19(12-7-8-13-24)21(35)30-17(20(34)27-6-2)11-9-14-28-23(25)26/h17-19H,5-14,24H2,1-4H3,(H,27,34)(H,29,32)(H,30,35)(H4,25,26,28)/t17-,18-,19-/m0/s1. The summed E-state index contributed by atoms with van der Waals surface area (Å²) in [6, 6.07) is -3.06. The molecule has 0 aliphatic heterocycles. The molecule has 0 spiro atoms. The first kappa shape index (κ1) is 32.8. The number of guanidine groups is 1. The molecule has 0 unspecified atom stereocenters. The lowest BCUT2D eigenvalue weighted by Crippen LogP contribution is -2.59. The van der Waals surface area contributed by atoms with Crippen molar-refractivity contribution in [1.82, 2.24) is 20.9 Å². The highest BCUT2D eigenvalue weighted by Crippen LogP contribution is 2.15. The van der Waals surface area contributed by atoms with E-state index in [0.717, 1.165) is 4.90 Å². The van der Waals surface area contributed by atoms with Crippen molar-refractivity contribution in [2.24, 2.45) is 22.2 Å². The van der Waals surface area contributed by atoms with Gasteiger partial charge >= 0.3 is 0 Å². The maximum absolute atomic E-state index is 13.4. The molecule has 0 bridgehead atoms. The molecule has 0 radical (unpaired) electrons. The number of amides is 5. The van der Waals surface area contributed by atoms with Gasteiger partial charge in [0.05, 0.1) is 0 Å². The van der Waals surface area contributed by atoms with E-state index in [1.165, 1.54) is 13.8 Å². The number of nitrogens with zero attached hydrogens (tertiary/aromatic N) is 2. The van der Waals surface area contributed by atoms with Gasteiger partial charge < -0.3 is 33.2 Å². The lowest BCUT2D eigenvalue weighted by Gasteiger charge is -2.32. The third-order valence-electron chi connectivity index (χ3n) is 5.30. The topological polar surface area (TPSA) is 215 Å². The Labute approximate surface area is 213 Å². The van der Waals surface area contributed by atoms with Crippen molar-refractivity contribution in [3.8, 4) is 0 Å². The van der Waals surface area contributed by atoms with E-state index < -0.39 is 47.7 Å². The van der Waals surface area contributed by atoms with Crippen LogP contribution in [0, 0.1) is 0 Å². The molecule has 13 nitrogen and oxygen atoms in total.